The van der Waals surface area contributed by atoms with E-state index in [4.69, 9.17) is 4.74 Å². The molecule has 3 rings (SSSR count). The number of hydrogen-bond acceptors (Lipinski definition) is 5. The lowest BCUT2D eigenvalue weighted by Gasteiger charge is -2.39. The molecule has 1 fully saturated rings. The summed E-state index contributed by atoms with van der Waals surface area (Å²) in [7, 11) is 1.75. The van der Waals surface area contributed by atoms with Gasteiger partial charge in [0.15, 0.2) is 0 Å². The van der Waals surface area contributed by atoms with Crippen molar-refractivity contribution in [1.82, 2.24) is 14.5 Å². The number of alkyl halides is 3. The number of aromatic nitrogens is 2. The SMILES string of the molecule is Cn1cnc(C(=O)N(C2CCOCC2)C(CO)Cc2cccc(OC(F)(F)F)c2)c1. The maximum Gasteiger partial charge on any atom is 0.573 e. The standard InChI is InChI=1S/C20H24F3N3O4/c1-25-11-18(24-13-25)19(28)26(15-5-7-29-8-6-15)16(12-27)9-14-3-2-4-17(10-14)30-20(21,22)23/h2-4,10-11,13,15-16,27H,5-9,12H2,1H3. The Hall–Kier alpha value is -2.59. The molecule has 1 aliphatic rings. The highest BCUT2D eigenvalue weighted by Crippen LogP contribution is 2.26. The molecule has 1 aromatic carbocycles. The number of rotatable bonds is 7. The fourth-order valence-corrected chi connectivity index (χ4v) is 3.64. The quantitative estimate of drug-likeness (QED) is 0.735. The summed E-state index contributed by atoms with van der Waals surface area (Å²) in [6.45, 7) is 0.633. The molecular weight excluding hydrogens is 403 g/mol. The maximum absolute atomic E-state index is 13.2. The van der Waals surface area contributed by atoms with Crippen LogP contribution in [-0.4, -0.2) is 63.7 Å². The lowest BCUT2D eigenvalue weighted by molar-refractivity contribution is -0.274. The number of carbonyl (C=O) groups excluding carboxylic acids is 1. The van der Waals surface area contributed by atoms with Gasteiger partial charge in [0.25, 0.3) is 5.91 Å². The number of aryl methyl sites for hydroxylation is 1. The molecule has 1 saturated heterocycles. The zero-order valence-electron chi connectivity index (χ0n) is 16.5. The van der Waals surface area contributed by atoms with E-state index in [0.717, 1.165) is 0 Å². The molecule has 1 atom stereocenters. The Morgan fingerprint density at radius 3 is 2.73 bits per heavy atom. The van der Waals surface area contributed by atoms with Crippen LogP contribution in [0.2, 0.25) is 0 Å². The lowest BCUT2D eigenvalue weighted by atomic mass is 9.99. The van der Waals surface area contributed by atoms with E-state index in [1.807, 2.05) is 0 Å². The summed E-state index contributed by atoms with van der Waals surface area (Å²) >= 11 is 0. The van der Waals surface area contributed by atoms with Gasteiger partial charge in [-0.3, -0.25) is 4.79 Å². The summed E-state index contributed by atoms with van der Waals surface area (Å²) in [6.07, 6.45) is -0.305. The number of hydrogen-bond donors (Lipinski definition) is 1. The zero-order valence-corrected chi connectivity index (χ0v) is 16.5. The Morgan fingerprint density at radius 1 is 1.40 bits per heavy atom. The number of ether oxygens (including phenoxy) is 2. The van der Waals surface area contributed by atoms with Gasteiger partial charge in [-0.25, -0.2) is 4.98 Å². The van der Waals surface area contributed by atoms with Gasteiger partial charge in [-0.05, 0) is 37.0 Å². The molecule has 1 amide bonds. The summed E-state index contributed by atoms with van der Waals surface area (Å²) in [4.78, 5) is 19.0. The molecule has 0 aliphatic carbocycles. The molecule has 1 aliphatic heterocycles. The first-order valence-electron chi connectivity index (χ1n) is 9.60. The second-order valence-corrected chi connectivity index (χ2v) is 7.22. The Kier molecular flexibility index (Phi) is 6.99. The van der Waals surface area contributed by atoms with Gasteiger partial charge in [0.1, 0.15) is 11.4 Å². The summed E-state index contributed by atoms with van der Waals surface area (Å²) in [5.74, 6) is -0.672. The number of nitrogens with zero attached hydrogens (tertiary/aromatic N) is 3. The molecule has 1 aromatic heterocycles. The van der Waals surface area contributed by atoms with E-state index in [9.17, 15) is 23.1 Å². The first-order valence-corrected chi connectivity index (χ1v) is 9.60. The third-order valence-corrected chi connectivity index (χ3v) is 4.95. The zero-order chi connectivity index (χ0) is 21.7. The number of halogens is 3. The predicted molar refractivity (Wildman–Crippen MR) is 101 cm³/mol. The van der Waals surface area contributed by atoms with Crippen LogP contribution in [0.15, 0.2) is 36.8 Å². The Morgan fingerprint density at radius 2 is 2.13 bits per heavy atom. The first kappa shape index (κ1) is 22.1. The summed E-state index contributed by atoms with van der Waals surface area (Å²) < 4.78 is 48.6. The van der Waals surface area contributed by atoms with E-state index in [-0.39, 0.29) is 36.4 Å². The maximum atomic E-state index is 13.2. The normalized spacial score (nSPS) is 16.3. The summed E-state index contributed by atoms with van der Waals surface area (Å²) in [6, 6.07) is 4.76. The Balaban J connectivity index is 1.85. The van der Waals surface area contributed by atoms with Gasteiger partial charge in [-0.2, -0.15) is 0 Å². The van der Waals surface area contributed by atoms with Gasteiger partial charge in [0.2, 0.25) is 0 Å². The summed E-state index contributed by atoms with van der Waals surface area (Å²) in [5, 5.41) is 10.1. The van der Waals surface area contributed by atoms with Crippen molar-refractivity contribution in [2.75, 3.05) is 19.8 Å². The van der Waals surface area contributed by atoms with Gasteiger partial charge in [0, 0.05) is 32.5 Å². The number of amides is 1. The minimum absolute atomic E-state index is 0.167. The molecule has 0 bridgehead atoms. The van der Waals surface area contributed by atoms with E-state index in [2.05, 4.69) is 9.72 Å². The van der Waals surface area contributed by atoms with Crippen LogP contribution in [0, 0.1) is 0 Å². The minimum Gasteiger partial charge on any atom is -0.406 e. The van der Waals surface area contributed by atoms with Crippen LogP contribution in [0.5, 0.6) is 5.75 Å². The van der Waals surface area contributed by atoms with Crippen LogP contribution in [0.1, 0.15) is 28.9 Å². The molecule has 0 radical (unpaired) electrons. The van der Waals surface area contributed by atoms with Gasteiger partial charge in [0.05, 0.1) is 19.0 Å². The van der Waals surface area contributed by atoms with Crippen LogP contribution in [-0.2, 0) is 18.2 Å². The molecular formula is C20H24F3N3O4. The van der Waals surface area contributed by atoms with Crippen LogP contribution in [0.3, 0.4) is 0 Å². The van der Waals surface area contributed by atoms with E-state index < -0.39 is 12.4 Å². The van der Waals surface area contributed by atoms with Crippen molar-refractivity contribution in [1.29, 1.82) is 0 Å². The highest BCUT2D eigenvalue weighted by Gasteiger charge is 2.34. The smallest absolute Gasteiger partial charge is 0.406 e. The van der Waals surface area contributed by atoms with Crippen LogP contribution >= 0.6 is 0 Å². The fourth-order valence-electron chi connectivity index (χ4n) is 3.64. The van der Waals surface area contributed by atoms with Gasteiger partial charge >= 0.3 is 6.36 Å². The van der Waals surface area contributed by atoms with Crippen molar-refractivity contribution in [2.45, 2.75) is 37.7 Å². The van der Waals surface area contributed by atoms with Crippen LogP contribution in [0.4, 0.5) is 13.2 Å². The summed E-state index contributed by atoms with van der Waals surface area (Å²) in [5.41, 5.74) is 0.762. The fraction of sp³-hybridized carbons (Fsp3) is 0.500. The third-order valence-electron chi connectivity index (χ3n) is 4.95. The van der Waals surface area contributed by atoms with Crippen molar-refractivity contribution in [2.24, 2.45) is 7.05 Å². The average Bonchev–Trinajstić information content (AvgIpc) is 3.13. The van der Waals surface area contributed by atoms with Crippen molar-refractivity contribution >= 4 is 5.91 Å². The molecule has 0 saturated carbocycles. The molecule has 30 heavy (non-hydrogen) atoms. The molecule has 0 spiro atoms. The first-order chi connectivity index (χ1) is 14.3. The van der Waals surface area contributed by atoms with Crippen LogP contribution < -0.4 is 4.74 Å². The number of aliphatic hydroxyl groups excluding tert-OH is 1. The van der Waals surface area contributed by atoms with Crippen molar-refractivity contribution in [3.05, 3.63) is 48.0 Å². The number of carbonyl (C=O) groups is 1. The number of aliphatic hydroxyl groups is 1. The second kappa shape index (κ2) is 9.48. The largest absolute Gasteiger partial charge is 0.573 e. The molecule has 164 valence electrons. The van der Waals surface area contributed by atoms with E-state index in [1.54, 1.807) is 28.8 Å². The lowest BCUT2D eigenvalue weighted by Crippen LogP contribution is -2.51. The van der Waals surface area contributed by atoms with Crippen molar-refractivity contribution in [3.63, 3.8) is 0 Å². The van der Waals surface area contributed by atoms with Gasteiger partial charge in [-0.1, -0.05) is 12.1 Å². The molecule has 10 heteroatoms. The molecule has 1 N–H and O–H groups in total. The molecule has 2 heterocycles. The Bertz CT molecular complexity index is 850. The highest BCUT2D eigenvalue weighted by atomic mass is 19.4. The predicted octanol–water partition coefficient (Wildman–Crippen LogP) is 2.54. The molecule has 1 unspecified atom stereocenters. The monoisotopic (exact) mass is 427 g/mol. The van der Waals surface area contributed by atoms with E-state index in [1.165, 1.54) is 24.5 Å². The third kappa shape index (κ3) is 5.73. The van der Waals surface area contributed by atoms with E-state index in [0.29, 0.717) is 31.6 Å². The highest BCUT2D eigenvalue weighted by molar-refractivity contribution is 5.92. The second-order valence-electron chi connectivity index (χ2n) is 7.22. The molecule has 7 nitrogen and oxygen atoms in total. The average molecular weight is 427 g/mol. The number of imidazole rings is 1. The van der Waals surface area contributed by atoms with Gasteiger partial charge < -0.3 is 24.0 Å². The van der Waals surface area contributed by atoms with Crippen molar-refractivity contribution in [3.8, 4) is 5.75 Å². The topological polar surface area (TPSA) is 76.8 Å². The van der Waals surface area contributed by atoms with Crippen LogP contribution in [0.25, 0.3) is 0 Å². The minimum atomic E-state index is -4.79. The number of benzene rings is 1. The van der Waals surface area contributed by atoms with Crippen molar-refractivity contribution < 1.29 is 32.5 Å². The van der Waals surface area contributed by atoms with E-state index >= 15 is 0 Å². The Labute approximate surface area is 172 Å². The van der Waals surface area contributed by atoms with Gasteiger partial charge in [-0.15, -0.1) is 13.2 Å². The molecule has 2 aromatic rings.